The summed E-state index contributed by atoms with van der Waals surface area (Å²) < 4.78 is 4.66. The Morgan fingerprint density at radius 3 is 2.40 bits per heavy atom. The zero-order valence-electron chi connectivity index (χ0n) is 14.9. The number of carbonyl (C=O) groups excluding carboxylic acids is 2. The van der Waals surface area contributed by atoms with Gasteiger partial charge >= 0.3 is 12.1 Å². The quantitative estimate of drug-likeness (QED) is 0.868. The number of hydrogen-bond acceptors (Lipinski definition) is 5. The summed E-state index contributed by atoms with van der Waals surface area (Å²) in [5.41, 5.74) is 0.704. The number of benzene rings is 1. The second kappa shape index (κ2) is 7.52. The third kappa shape index (κ3) is 4.69. The Morgan fingerprint density at radius 1 is 1.24 bits per heavy atom. The Balaban J connectivity index is 2.00. The van der Waals surface area contributed by atoms with Crippen molar-refractivity contribution in [1.82, 2.24) is 10.3 Å². The SMILES string of the molecule is COC(=O)N(C)c1ccc(NC(=O)NC(C)(C)c2ncc(C)s2)cc1. The Morgan fingerprint density at radius 2 is 1.88 bits per heavy atom. The molecule has 2 aromatic rings. The maximum Gasteiger partial charge on any atom is 0.413 e. The molecule has 1 aromatic carbocycles. The maximum atomic E-state index is 12.3. The number of methoxy groups -OCH3 is 1. The second-order valence-electron chi connectivity index (χ2n) is 6.06. The van der Waals surface area contributed by atoms with Crippen LogP contribution in [0, 0.1) is 6.92 Å². The minimum atomic E-state index is -0.575. The summed E-state index contributed by atoms with van der Waals surface area (Å²) in [5.74, 6) is 0. The van der Waals surface area contributed by atoms with E-state index in [0.29, 0.717) is 11.4 Å². The van der Waals surface area contributed by atoms with Crippen LogP contribution in [0.4, 0.5) is 21.0 Å². The number of ether oxygens (including phenoxy) is 1. The fourth-order valence-electron chi connectivity index (χ4n) is 2.15. The van der Waals surface area contributed by atoms with Crippen molar-refractivity contribution in [2.75, 3.05) is 24.4 Å². The molecule has 0 saturated heterocycles. The molecule has 0 aliphatic rings. The first-order valence-corrected chi connectivity index (χ1v) is 8.48. The van der Waals surface area contributed by atoms with E-state index in [0.717, 1.165) is 9.88 Å². The molecule has 3 amide bonds. The van der Waals surface area contributed by atoms with Crippen LogP contribution in [-0.2, 0) is 10.3 Å². The average Bonchev–Trinajstić information content (AvgIpc) is 3.01. The normalized spacial score (nSPS) is 10.9. The van der Waals surface area contributed by atoms with E-state index < -0.39 is 11.6 Å². The van der Waals surface area contributed by atoms with Gasteiger partial charge in [-0.15, -0.1) is 11.3 Å². The molecule has 0 unspecified atom stereocenters. The van der Waals surface area contributed by atoms with Gasteiger partial charge in [-0.25, -0.2) is 14.6 Å². The Kier molecular flexibility index (Phi) is 5.63. The number of hydrogen-bond donors (Lipinski definition) is 2. The van der Waals surface area contributed by atoms with Gasteiger partial charge in [0.2, 0.25) is 0 Å². The fourth-order valence-corrected chi connectivity index (χ4v) is 2.98. The lowest BCUT2D eigenvalue weighted by molar-refractivity contribution is 0.180. The average molecular weight is 362 g/mol. The maximum absolute atomic E-state index is 12.3. The number of thiazole rings is 1. The summed E-state index contributed by atoms with van der Waals surface area (Å²) in [6.45, 7) is 5.78. The largest absolute Gasteiger partial charge is 0.452 e. The van der Waals surface area contributed by atoms with Crippen molar-refractivity contribution >= 4 is 34.8 Å². The Labute approximate surface area is 151 Å². The van der Waals surface area contributed by atoms with Gasteiger partial charge in [0.25, 0.3) is 0 Å². The number of anilines is 2. The third-order valence-corrected chi connectivity index (χ3v) is 4.78. The molecule has 0 spiro atoms. The van der Waals surface area contributed by atoms with Crippen molar-refractivity contribution in [3.8, 4) is 0 Å². The number of amides is 3. The van der Waals surface area contributed by atoms with Crippen LogP contribution in [0.25, 0.3) is 0 Å². The van der Waals surface area contributed by atoms with E-state index in [1.54, 1.807) is 48.8 Å². The molecule has 2 rings (SSSR count). The van der Waals surface area contributed by atoms with Gasteiger partial charge < -0.3 is 15.4 Å². The monoisotopic (exact) mass is 362 g/mol. The topological polar surface area (TPSA) is 83.6 Å². The molecular weight excluding hydrogens is 340 g/mol. The standard InChI is InChI=1S/C17H22N4O3S/c1-11-10-18-14(25-11)17(2,3)20-15(22)19-12-6-8-13(9-7-12)21(4)16(23)24-5/h6-10H,1-5H3,(H2,19,20,22). The van der Waals surface area contributed by atoms with E-state index in [2.05, 4.69) is 20.4 Å². The highest BCUT2D eigenvalue weighted by Crippen LogP contribution is 2.25. The highest BCUT2D eigenvalue weighted by molar-refractivity contribution is 7.11. The molecule has 25 heavy (non-hydrogen) atoms. The fraction of sp³-hybridized carbons (Fsp3) is 0.353. The van der Waals surface area contributed by atoms with Gasteiger partial charge in [-0.3, -0.25) is 4.90 Å². The second-order valence-corrected chi connectivity index (χ2v) is 7.29. The third-order valence-electron chi connectivity index (χ3n) is 3.54. The molecule has 0 saturated carbocycles. The van der Waals surface area contributed by atoms with Crippen molar-refractivity contribution in [1.29, 1.82) is 0 Å². The predicted molar refractivity (Wildman–Crippen MR) is 99.3 cm³/mol. The van der Waals surface area contributed by atoms with Crippen LogP contribution in [0.3, 0.4) is 0 Å². The van der Waals surface area contributed by atoms with Gasteiger partial charge in [-0.05, 0) is 45.0 Å². The first-order valence-electron chi connectivity index (χ1n) is 7.67. The van der Waals surface area contributed by atoms with Gasteiger partial charge in [0.1, 0.15) is 5.01 Å². The lowest BCUT2D eigenvalue weighted by atomic mass is 10.1. The van der Waals surface area contributed by atoms with Crippen LogP contribution in [0.15, 0.2) is 30.5 Å². The highest BCUT2D eigenvalue weighted by Gasteiger charge is 2.26. The molecule has 2 N–H and O–H groups in total. The molecule has 0 radical (unpaired) electrons. The van der Waals surface area contributed by atoms with Crippen molar-refractivity contribution in [3.05, 3.63) is 40.3 Å². The van der Waals surface area contributed by atoms with E-state index in [4.69, 9.17) is 0 Å². The number of aryl methyl sites for hydroxylation is 1. The Bertz CT molecular complexity index is 756. The van der Waals surface area contributed by atoms with Crippen LogP contribution in [-0.4, -0.2) is 31.3 Å². The number of nitrogens with zero attached hydrogens (tertiary/aromatic N) is 2. The van der Waals surface area contributed by atoms with Gasteiger partial charge in [-0.2, -0.15) is 0 Å². The minimum Gasteiger partial charge on any atom is -0.452 e. The number of aromatic nitrogens is 1. The zero-order valence-corrected chi connectivity index (χ0v) is 15.7. The van der Waals surface area contributed by atoms with Gasteiger partial charge in [0.15, 0.2) is 0 Å². The summed E-state index contributed by atoms with van der Waals surface area (Å²) in [7, 11) is 2.93. The summed E-state index contributed by atoms with van der Waals surface area (Å²) in [5, 5.41) is 6.53. The number of urea groups is 1. The van der Waals surface area contributed by atoms with Crippen molar-refractivity contribution < 1.29 is 14.3 Å². The van der Waals surface area contributed by atoms with E-state index >= 15 is 0 Å². The zero-order chi connectivity index (χ0) is 18.6. The van der Waals surface area contributed by atoms with Crippen molar-refractivity contribution in [2.24, 2.45) is 0 Å². The summed E-state index contributed by atoms with van der Waals surface area (Å²) in [6, 6.07) is 6.56. The summed E-state index contributed by atoms with van der Waals surface area (Å²) >= 11 is 1.55. The molecule has 0 fully saturated rings. The molecular formula is C17H22N4O3S. The van der Waals surface area contributed by atoms with Crippen LogP contribution < -0.4 is 15.5 Å². The van der Waals surface area contributed by atoms with Gasteiger partial charge in [-0.1, -0.05) is 0 Å². The van der Waals surface area contributed by atoms with E-state index in [9.17, 15) is 9.59 Å². The molecule has 1 aromatic heterocycles. The van der Waals surface area contributed by atoms with Crippen LogP contribution >= 0.6 is 11.3 Å². The van der Waals surface area contributed by atoms with E-state index in [1.807, 2.05) is 20.8 Å². The lowest BCUT2D eigenvalue weighted by Gasteiger charge is -2.24. The first kappa shape index (κ1) is 18.7. The molecule has 0 aliphatic heterocycles. The first-order chi connectivity index (χ1) is 11.7. The molecule has 134 valence electrons. The lowest BCUT2D eigenvalue weighted by Crippen LogP contribution is -2.43. The van der Waals surface area contributed by atoms with E-state index in [1.165, 1.54) is 12.0 Å². The summed E-state index contributed by atoms with van der Waals surface area (Å²) in [4.78, 5) is 30.5. The highest BCUT2D eigenvalue weighted by atomic mass is 32.1. The van der Waals surface area contributed by atoms with Gasteiger partial charge in [0.05, 0.1) is 12.6 Å². The van der Waals surface area contributed by atoms with Crippen LogP contribution in [0.5, 0.6) is 0 Å². The molecule has 0 aliphatic carbocycles. The molecule has 0 atom stereocenters. The number of carbonyl (C=O) groups is 2. The molecule has 7 nitrogen and oxygen atoms in total. The van der Waals surface area contributed by atoms with Crippen LogP contribution in [0.2, 0.25) is 0 Å². The molecule has 0 bridgehead atoms. The smallest absolute Gasteiger partial charge is 0.413 e. The Hall–Kier alpha value is -2.61. The van der Waals surface area contributed by atoms with Crippen molar-refractivity contribution in [2.45, 2.75) is 26.3 Å². The predicted octanol–water partition coefficient (Wildman–Crippen LogP) is 3.71. The number of rotatable bonds is 4. The van der Waals surface area contributed by atoms with Crippen molar-refractivity contribution in [3.63, 3.8) is 0 Å². The minimum absolute atomic E-state index is 0.327. The summed E-state index contributed by atoms with van der Waals surface area (Å²) in [6.07, 6.45) is 1.33. The van der Waals surface area contributed by atoms with Gasteiger partial charge in [0, 0.05) is 29.5 Å². The molecule has 8 heteroatoms. The van der Waals surface area contributed by atoms with E-state index in [-0.39, 0.29) is 6.03 Å². The molecule has 1 heterocycles. The van der Waals surface area contributed by atoms with Crippen LogP contribution in [0.1, 0.15) is 23.7 Å². The number of nitrogens with one attached hydrogen (secondary N) is 2.